The maximum absolute atomic E-state index is 12.4. The Morgan fingerprint density at radius 1 is 1.24 bits per heavy atom. The fourth-order valence-electron chi connectivity index (χ4n) is 2.64. The van der Waals surface area contributed by atoms with Crippen LogP contribution in [0, 0.1) is 13.8 Å². The maximum Gasteiger partial charge on any atom is 0.251 e. The van der Waals surface area contributed by atoms with Gasteiger partial charge in [-0.3, -0.25) is 14.2 Å². The summed E-state index contributed by atoms with van der Waals surface area (Å²) in [7, 11) is 1.85. The molecular weight excluding hydrogens is 382 g/mol. The number of rotatable bonds is 5. The topological polar surface area (TPSA) is 64.7 Å². The van der Waals surface area contributed by atoms with Gasteiger partial charge >= 0.3 is 0 Å². The lowest BCUT2D eigenvalue weighted by Gasteiger charge is -2.08. The molecule has 1 amide bonds. The summed E-state index contributed by atoms with van der Waals surface area (Å²) in [5.74, 6) is -0.109. The van der Waals surface area contributed by atoms with E-state index in [9.17, 15) is 4.79 Å². The van der Waals surface area contributed by atoms with E-state index in [4.69, 9.17) is 0 Å². The number of nitrogens with one attached hydrogen (secondary N) is 1. The number of halogens is 1. The van der Waals surface area contributed by atoms with Gasteiger partial charge < -0.3 is 5.32 Å². The second kappa shape index (κ2) is 7.23. The lowest BCUT2D eigenvalue weighted by atomic mass is 10.1. The zero-order chi connectivity index (χ0) is 18.0. The molecule has 0 fully saturated rings. The van der Waals surface area contributed by atoms with E-state index in [-0.39, 0.29) is 5.91 Å². The van der Waals surface area contributed by atoms with Crippen molar-refractivity contribution in [2.75, 3.05) is 0 Å². The molecule has 0 saturated heterocycles. The zero-order valence-corrected chi connectivity index (χ0v) is 16.0. The van der Waals surface area contributed by atoms with Gasteiger partial charge in [-0.1, -0.05) is 12.1 Å². The Balaban J connectivity index is 1.70. The highest BCUT2D eigenvalue weighted by Gasteiger charge is 2.11. The molecule has 1 aromatic carbocycles. The highest BCUT2D eigenvalue weighted by molar-refractivity contribution is 9.10. The molecule has 0 unspecified atom stereocenters. The molecular formula is C18H20BrN5O. The van der Waals surface area contributed by atoms with E-state index >= 15 is 0 Å². The summed E-state index contributed by atoms with van der Waals surface area (Å²) in [5.41, 5.74) is 4.53. The van der Waals surface area contributed by atoms with Crippen molar-refractivity contribution < 1.29 is 4.79 Å². The molecule has 0 bridgehead atoms. The number of hydrogen-bond acceptors (Lipinski definition) is 3. The molecule has 2 heterocycles. The SMILES string of the molecule is Cc1nn(Cc2cccc(C(=O)NCc3ccn(C)n3)c2)c(C)c1Br. The van der Waals surface area contributed by atoms with Gasteiger partial charge in [0.1, 0.15) is 0 Å². The largest absolute Gasteiger partial charge is 0.346 e. The van der Waals surface area contributed by atoms with Crippen LogP contribution in [0.15, 0.2) is 41.0 Å². The Morgan fingerprint density at radius 2 is 2.04 bits per heavy atom. The van der Waals surface area contributed by atoms with Gasteiger partial charge in [-0.05, 0) is 53.5 Å². The minimum absolute atomic E-state index is 0.109. The first-order chi connectivity index (χ1) is 11.9. The van der Waals surface area contributed by atoms with Gasteiger partial charge in [0.25, 0.3) is 5.91 Å². The van der Waals surface area contributed by atoms with Gasteiger partial charge in [0.2, 0.25) is 0 Å². The van der Waals surface area contributed by atoms with Crippen molar-refractivity contribution in [3.63, 3.8) is 0 Å². The second-order valence-corrected chi connectivity index (χ2v) is 6.80. The number of carbonyl (C=O) groups excluding carboxylic acids is 1. The third-order valence-electron chi connectivity index (χ3n) is 4.01. The Kier molecular flexibility index (Phi) is 5.03. The van der Waals surface area contributed by atoms with Gasteiger partial charge in [-0.25, -0.2) is 0 Å². The van der Waals surface area contributed by atoms with Crippen LogP contribution in [0.2, 0.25) is 0 Å². The molecule has 1 N–H and O–H groups in total. The predicted octanol–water partition coefficient (Wildman–Crippen LogP) is 2.97. The van der Waals surface area contributed by atoms with Gasteiger partial charge in [0.15, 0.2) is 0 Å². The summed E-state index contributed by atoms with van der Waals surface area (Å²) in [5, 5.41) is 11.7. The van der Waals surface area contributed by atoms with E-state index in [1.165, 1.54) is 0 Å². The second-order valence-electron chi connectivity index (χ2n) is 6.01. The molecule has 0 radical (unpaired) electrons. The lowest BCUT2D eigenvalue weighted by molar-refractivity contribution is 0.0950. The summed E-state index contributed by atoms with van der Waals surface area (Å²) in [6.07, 6.45) is 1.86. The van der Waals surface area contributed by atoms with Crippen LogP contribution < -0.4 is 5.32 Å². The monoisotopic (exact) mass is 401 g/mol. The standard InChI is InChI=1S/C18H20BrN5O/c1-12-17(19)13(2)24(21-12)11-14-5-4-6-15(9-14)18(25)20-10-16-7-8-23(3)22-16/h4-9H,10-11H2,1-3H3,(H,20,25). The number of aryl methyl sites for hydroxylation is 2. The van der Waals surface area contributed by atoms with Crippen molar-refractivity contribution in [1.82, 2.24) is 24.9 Å². The lowest BCUT2D eigenvalue weighted by Crippen LogP contribution is -2.23. The molecule has 0 aliphatic carbocycles. The third-order valence-corrected chi connectivity index (χ3v) is 5.16. The Labute approximate surface area is 155 Å². The van der Waals surface area contributed by atoms with Crippen molar-refractivity contribution in [2.45, 2.75) is 26.9 Å². The molecule has 3 rings (SSSR count). The average Bonchev–Trinajstić information content (AvgIpc) is 3.12. The Morgan fingerprint density at radius 3 is 2.68 bits per heavy atom. The van der Waals surface area contributed by atoms with Crippen LogP contribution in [0.5, 0.6) is 0 Å². The first kappa shape index (κ1) is 17.4. The quantitative estimate of drug-likeness (QED) is 0.714. The molecule has 7 heteroatoms. The minimum Gasteiger partial charge on any atom is -0.346 e. The summed E-state index contributed by atoms with van der Waals surface area (Å²) in [6, 6.07) is 9.50. The van der Waals surface area contributed by atoms with Crippen LogP contribution in [0.1, 0.15) is 33.0 Å². The van der Waals surface area contributed by atoms with E-state index < -0.39 is 0 Å². The molecule has 0 atom stereocenters. The number of carbonyl (C=O) groups is 1. The van der Waals surface area contributed by atoms with Crippen molar-refractivity contribution in [3.05, 3.63) is 69.2 Å². The molecule has 25 heavy (non-hydrogen) atoms. The van der Waals surface area contributed by atoms with E-state index in [1.807, 2.05) is 62.1 Å². The average molecular weight is 402 g/mol. The van der Waals surface area contributed by atoms with Gasteiger partial charge in [-0.2, -0.15) is 10.2 Å². The highest BCUT2D eigenvalue weighted by Crippen LogP contribution is 2.20. The van der Waals surface area contributed by atoms with Crippen LogP contribution in [-0.4, -0.2) is 25.5 Å². The highest BCUT2D eigenvalue weighted by atomic mass is 79.9. The molecule has 130 valence electrons. The zero-order valence-electron chi connectivity index (χ0n) is 14.5. The minimum atomic E-state index is -0.109. The normalized spacial score (nSPS) is 10.9. The molecule has 0 spiro atoms. The first-order valence-corrected chi connectivity index (χ1v) is 8.78. The fourth-order valence-corrected chi connectivity index (χ4v) is 2.93. The summed E-state index contributed by atoms with van der Waals surface area (Å²) in [6.45, 7) is 5.02. The fraction of sp³-hybridized carbons (Fsp3) is 0.278. The molecule has 0 saturated carbocycles. The molecule has 0 aliphatic rings. The summed E-state index contributed by atoms with van der Waals surface area (Å²) in [4.78, 5) is 12.4. The Bertz CT molecular complexity index is 912. The number of benzene rings is 1. The summed E-state index contributed by atoms with van der Waals surface area (Å²) < 4.78 is 4.68. The third kappa shape index (κ3) is 3.99. The van der Waals surface area contributed by atoms with Gasteiger partial charge in [-0.15, -0.1) is 0 Å². The van der Waals surface area contributed by atoms with E-state index in [2.05, 4.69) is 31.4 Å². The van der Waals surface area contributed by atoms with Crippen LogP contribution >= 0.6 is 15.9 Å². The predicted molar refractivity (Wildman–Crippen MR) is 99.3 cm³/mol. The van der Waals surface area contributed by atoms with Crippen LogP contribution in [0.3, 0.4) is 0 Å². The Hall–Kier alpha value is -2.41. The van der Waals surface area contributed by atoms with Crippen molar-refractivity contribution in [1.29, 1.82) is 0 Å². The molecule has 3 aromatic rings. The van der Waals surface area contributed by atoms with E-state index in [0.29, 0.717) is 18.7 Å². The maximum atomic E-state index is 12.4. The molecule has 0 aliphatic heterocycles. The van der Waals surface area contributed by atoms with Gasteiger partial charge in [0.05, 0.1) is 34.6 Å². The van der Waals surface area contributed by atoms with Gasteiger partial charge in [0, 0.05) is 18.8 Å². The van der Waals surface area contributed by atoms with Crippen LogP contribution in [0.25, 0.3) is 0 Å². The van der Waals surface area contributed by atoms with Crippen LogP contribution in [-0.2, 0) is 20.1 Å². The number of nitrogens with zero attached hydrogens (tertiary/aromatic N) is 4. The smallest absolute Gasteiger partial charge is 0.251 e. The van der Waals surface area contributed by atoms with E-state index in [0.717, 1.165) is 27.1 Å². The molecule has 6 nitrogen and oxygen atoms in total. The van der Waals surface area contributed by atoms with E-state index in [1.54, 1.807) is 4.68 Å². The summed E-state index contributed by atoms with van der Waals surface area (Å²) >= 11 is 3.54. The van der Waals surface area contributed by atoms with Crippen molar-refractivity contribution >= 4 is 21.8 Å². The number of aromatic nitrogens is 4. The first-order valence-electron chi connectivity index (χ1n) is 7.99. The number of amides is 1. The molecule has 2 aromatic heterocycles. The van der Waals surface area contributed by atoms with Crippen molar-refractivity contribution in [3.8, 4) is 0 Å². The number of hydrogen-bond donors (Lipinski definition) is 1. The van der Waals surface area contributed by atoms with Crippen LogP contribution in [0.4, 0.5) is 0 Å². The van der Waals surface area contributed by atoms with Crippen molar-refractivity contribution in [2.24, 2.45) is 7.05 Å².